The number of piperidine rings is 1. The number of likely N-dealkylation sites (tertiary alicyclic amines) is 1. The molecule has 1 saturated heterocycles. The Kier molecular flexibility index (Phi) is 11.2. The number of nitrogens with zero attached hydrogens (tertiary/aromatic N) is 3. The molecule has 0 spiro atoms. The van der Waals surface area contributed by atoms with E-state index in [0.29, 0.717) is 12.8 Å². The fourth-order valence-electron chi connectivity index (χ4n) is 8.66. The molecule has 4 heterocycles. The lowest BCUT2D eigenvalue weighted by Crippen LogP contribution is -2.67. The highest BCUT2D eigenvalue weighted by Crippen LogP contribution is 2.45. The van der Waals surface area contributed by atoms with Gasteiger partial charge in [0, 0.05) is 52.8 Å². The van der Waals surface area contributed by atoms with Crippen molar-refractivity contribution in [1.82, 2.24) is 19.8 Å². The molecule has 2 aromatic heterocycles. The molecule has 0 bridgehead atoms. The molecule has 3 aromatic carbocycles. The average Bonchev–Trinajstić information content (AvgIpc) is 3.76. The highest BCUT2D eigenvalue weighted by molar-refractivity contribution is 7.15. The lowest BCUT2D eigenvalue weighted by molar-refractivity contribution is -0.0818. The third kappa shape index (κ3) is 7.87. The number of para-hydroxylation sites is 1. The second-order valence-corrected chi connectivity index (χ2v) is 21.3. The van der Waals surface area contributed by atoms with E-state index in [1.165, 1.54) is 5.56 Å². The van der Waals surface area contributed by atoms with Crippen LogP contribution in [0, 0.1) is 0 Å². The second-order valence-electron chi connectivity index (χ2n) is 15.9. The number of thiazole rings is 1. The van der Waals surface area contributed by atoms with Gasteiger partial charge in [0.05, 0.1) is 25.9 Å². The molecule has 2 N–H and O–H groups in total. The van der Waals surface area contributed by atoms with Gasteiger partial charge in [0.1, 0.15) is 0 Å². The van der Waals surface area contributed by atoms with E-state index in [9.17, 15) is 4.39 Å². The summed E-state index contributed by atoms with van der Waals surface area (Å²) < 4.78 is 53.3. The molecule has 282 valence electrons. The van der Waals surface area contributed by atoms with Gasteiger partial charge in [-0.2, -0.15) is 0 Å². The van der Waals surface area contributed by atoms with Crippen LogP contribution in [-0.4, -0.2) is 85.6 Å². The van der Waals surface area contributed by atoms with Gasteiger partial charge in [0.25, 0.3) is 14.2 Å². The van der Waals surface area contributed by atoms with Crippen molar-refractivity contribution in [3.05, 3.63) is 107 Å². The van der Waals surface area contributed by atoms with Gasteiger partial charge in [-0.3, -0.25) is 9.29 Å². The zero-order chi connectivity index (χ0) is 37.2. The SMILES string of the molecule is C[C@@H]1Cc2c([nH]c3ccccc23)[C@@H](c2cnc(N[C@@H]3CCCN(CCCF)C3)s2)N1CC(F)(F)CO[Si](c1ccccc1)(c1ccccc1)C(C)(C)C. The van der Waals surface area contributed by atoms with Gasteiger partial charge in [-0.15, -0.1) is 11.3 Å². The number of H-pyrrole nitrogens is 1. The monoisotopic (exact) mass is 759 g/mol. The standard InChI is InChI=1S/C42H52F3N5OSSi/c1-30-25-35-34-20-11-12-21-36(34)48-38(35)39(37-26-46-40(52-37)47-31-15-13-23-49(27-31)24-14-22-43)50(30)28-42(44,45)29-51-53(41(2,3)4,32-16-7-5-8-17-32)33-18-9-6-10-19-33/h5-12,16-21,26,30-31,39,48H,13-15,22-25,27-29H2,1-4H3,(H,46,47)/t30-,31-,39-/m1/s1. The van der Waals surface area contributed by atoms with Crippen LogP contribution in [0.5, 0.6) is 0 Å². The molecule has 0 unspecified atom stereocenters. The van der Waals surface area contributed by atoms with Crippen LogP contribution in [0.15, 0.2) is 91.1 Å². The zero-order valence-corrected chi connectivity index (χ0v) is 33.1. The molecule has 5 aromatic rings. The number of fused-ring (bicyclic) bond motifs is 3. The number of nitrogens with one attached hydrogen (secondary N) is 2. The molecule has 3 atom stereocenters. The third-order valence-corrected chi connectivity index (χ3v) is 17.0. The molecule has 7 rings (SSSR count). The molecule has 1 fully saturated rings. The van der Waals surface area contributed by atoms with Crippen LogP contribution in [0.3, 0.4) is 0 Å². The Morgan fingerprint density at radius 3 is 2.34 bits per heavy atom. The minimum absolute atomic E-state index is 0.161. The summed E-state index contributed by atoms with van der Waals surface area (Å²) in [5.74, 6) is -3.15. The second kappa shape index (κ2) is 15.7. The first kappa shape index (κ1) is 37.8. The highest BCUT2D eigenvalue weighted by Gasteiger charge is 2.52. The molecule has 2 aliphatic heterocycles. The van der Waals surface area contributed by atoms with Gasteiger partial charge >= 0.3 is 0 Å². The smallest absolute Gasteiger partial charge is 0.282 e. The van der Waals surface area contributed by atoms with Crippen molar-refractivity contribution >= 4 is 46.1 Å². The average molecular weight is 760 g/mol. The predicted octanol–water partition coefficient (Wildman–Crippen LogP) is 8.41. The first-order chi connectivity index (χ1) is 25.5. The maximum atomic E-state index is 16.8. The van der Waals surface area contributed by atoms with E-state index < -0.39 is 38.5 Å². The number of hydrogen-bond donors (Lipinski definition) is 2. The predicted molar refractivity (Wildman–Crippen MR) is 214 cm³/mol. The Hall–Kier alpha value is -3.48. The van der Waals surface area contributed by atoms with Crippen molar-refractivity contribution in [3.63, 3.8) is 0 Å². The van der Waals surface area contributed by atoms with Crippen LogP contribution < -0.4 is 15.7 Å². The summed E-state index contributed by atoms with van der Waals surface area (Å²) in [7, 11) is -3.18. The Morgan fingerprint density at radius 1 is 0.981 bits per heavy atom. The summed E-state index contributed by atoms with van der Waals surface area (Å²) in [5.41, 5.74) is 3.15. The van der Waals surface area contributed by atoms with Crippen molar-refractivity contribution in [3.8, 4) is 0 Å². The van der Waals surface area contributed by atoms with Gasteiger partial charge in [-0.05, 0) is 66.2 Å². The Bertz CT molecular complexity index is 1910. The number of benzene rings is 3. The number of alkyl halides is 3. The van der Waals surface area contributed by atoms with E-state index in [1.54, 1.807) is 11.3 Å². The van der Waals surface area contributed by atoms with Gasteiger partial charge in [0.2, 0.25) is 0 Å². The molecule has 0 saturated carbocycles. The number of rotatable bonds is 13. The van der Waals surface area contributed by atoms with E-state index in [-0.39, 0.29) is 18.8 Å². The van der Waals surface area contributed by atoms with E-state index in [4.69, 9.17) is 9.41 Å². The molecule has 0 radical (unpaired) electrons. The molecule has 53 heavy (non-hydrogen) atoms. The molecule has 11 heteroatoms. The zero-order valence-electron chi connectivity index (χ0n) is 31.3. The molecule has 2 aliphatic rings. The highest BCUT2D eigenvalue weighted by atomic mass is 32.1. The molecular formula is C42H52F3N5OSSi. The van der Waals surface area contributed by atoms with Crippen molar-refractivity contribution in [2.75, 3.05) is 44.8 Å². The lowest BCUT2D eigenvalue weighted by Gasteiger charge is -2.45. The van der Waals surface area contributed by atoms with Gasteiger partial charge in [-0.1, -0.05) is 99.6 Å². The Balaban J connectivity index is 1.19. The summed E-state index contributed by atoms with van der Waals surface area (Å²) in [4.78, 5) is 13.6. The normalized spacial score (nSPS) is 20.5. The molecular weight excluding hydrogens is 708 g/mol. The van der Waals surface area contributed by atoms with E-state index in [2.05, 4.69) is 55.0 Å². The Morgan fingerprint density at radius 2 is 1.66 bits per heavy atom. The quantitative estimate of drug-likeness (QED) is 0.118. The summed E-state index contributed by atoms with van der Waals surface area (Å²) in [6.45, 7) is 9.52. The molecule has 6 nitrogen and oxygen atoms in total. The number of hydrogen-bond acceptors (Lipinski definition) is 6. The Labute approximate surface area is 316 Å². The van der Waals surface area contributed by atoms with Crippen molar-refractivity contribution in [1.29, 1.82) is 0 Å². The first-order valence-electron chi connectivity index (χ1n) is 19.0. The van der Waals surface area contributed by atoms with Crippen LogP contribution in [-0.2, 0) is 10.8 Å². The minimum atomic E-state index is -3.18. The number of aromatic amines is 1. The van der Waals surface area contributed by atoms with Crippen LogP contribution in [0.4, 0.5) is 18.3 Å². The summed E-state index contributed by atoms with van der Waals surface area (Å²) >= 11 is 1.54. The van der Waals surface area contributed by atoms with Crippen molar-refractivity contribution in [2.45, 2.75) is 82.5 Å². The maximum Gasteiger partial charge on any atom is 0.282 e. The minimum Gasteiger partial charge on any atom is -0.401 e. The van der Waals surface area contributed by atoms with Crippen LogP contribution in [0.25, 0.3) is 10.9 Å². The molecule has 0 amide bonds. The number of anilines is 1. The molecule has 0 aliphatic carbocycles. The summed E-state index contributed by atoms with van der Waals surface area (Å²) in [6, 6.07) is 27.8. The van der Waals surface area contributed by atoms with Gasteiger partial charge < -0.3 is 19.6 Å². The number of aromatic nitrogens is 2. The third-order valence-electron chi connectivity index (χ3n) is 11.1. The largest absolute Gasteiger partial charge is 0.401 e. The van der Waals surface area contributed by atoms with Gasteiger partial charge in [-0.25, -0.2) is 13.8 Å². The van der Waals surface area contributed by atoms with E-state index in [0.717, 1.165) is 69.5 Å². The van der Waals surface area contributed by atoms with E-state index >= 15 is 8.78 Å². The van der Waals surface area contributed by atoms with Crippen molar-refractivity contribution < 1.29 is 17.6 Å². The van der Waals surface area contributed by atoms with Crippen LogP contribution in [0.1, 0.15) is 69.1 Å². The van der Waals surface area contributed by atoms with E-state index in [1.807, 2.05) is 83.9 Å². The number of halogens is 3. The lowest BCUT2D eigenvalue weighted by atomic mass is 9.91. The van der Waals surface area contributed by atoms with Crippen LogP contribution >= 0.6 is 11.3 Å². The first-order valence-corrected chi connectivity index (χ1v) is 21.7. The van der Waals surface area contributed by atoms with Gasteiger partial charge in [0.15, 0.2) is 5.13 Å². The fraction of sp³-hybridized carbons (Fsp3) is 0.452. The summed E-state index contributed by atoms with van der Waals surface area (Å²) in [5, 5.41) is 7.10. The van der Waals surface area contributed by atoms with Crippen molar-refractivity contribution in [2.24, 2.45) is 0 Å². The fourth-order valence-corrected chi connectivity index (χ4v) is 14.3. The van der Waals surface area contributed by atoms with Crippen LogP contribution in [0.2, 0.25) is 5.04 Å². The maximum absolute atomic E-state index is 16.8. The summed E-state index contributed by atoms with van der Waals surface area (Å²) in [6.07, 6.45) is 5.11. The topological polar surface area (TPSA) is 56.4 Å².